The van der Waals surface area contributed by atoms with Gasteiger partial charge in [-0.15, -0.1) is 0 Å². The molecule has 9 heteroatoms. The number of carbonyl (C=O) groups is 2. The molecule has 4 rings (SSSR count). The van der Waals surface area contributed by atoms with E-state index in [2.05, 4.69) is 11.5 Å². The fraction of sp³-hybridized carbons (Fsp3) is 0.583. The zero-order valence-corrected chi connectivity index (χ0v) is 20.2. The van der Waals surface area contributed by atoms with Gasteiger partial charge in [-0.3, -0.25) is 9.59 Å². The van der Waals surface area contributed by atoms with Crippen molar-refractivity contribution < 1.29 is 22.7 Å². The molecule has 1 atom stereocenters. The molecular formula is C24H33N3O5S. The zero-order valence-electron chi connectivity index (χ0n) is 19.4. The lowest BCUT2D eigenvalue weighted by atomic mass is 9.93. The maximum absolute atomic E-state index is 13.2. The van der Waals surface area contributed by atoms with Crippen molar-refractivity contribution in [2.75, 3.05) is 32.8 Å². The third-order valence-corrected chi connectivity index (χ3v) is 8.77. The van der Waals surface area contributed by atoms with Gasteiger partial charge in [0.05, 0.1) is 17.4 Å². The summed E-state index contributed by atoms with van der Waals surface area (Å²) in [6, 6.07) is 7.20. The summed E-state index contributed by atoms with van der Waals surface area (Å²) in [6.45, 7) is 6.69. The summed E-state index contributed by atoms with van der Waals surface area (Å²) in [4.78, 5) is 27.2. The largest absolute Gasteiger partial charge is 0.466 e. The molecule has 2 saturated heterocycles. The highest BCUT2D eigenvalue weighted by Crippen LogP contribution is 2.29. The van der Waals surface area contributed by atoms with E-state index in [0.29, 0.717) is 50.5 Å². The Kier molecular flexibility index (Phi) is 7.09. The number of amides is 1. The van der Waals surface area contributed by atoms with Gasteiger partial charge in [-0.2, -0.15) is 4.31 Å². The number of sulfonamides is 1. The van der Waals surface area contributed by atoms with E-state index < -0.39 is 10.0 Å². The summed E-state index contributed by atoms with van der Waals surface area (Å²) in [5, 5.41) is 0.907. The lowest BCUT2D eigenvalue weighted by molar-refractivity contribution is -0.152. The predicted molar refractivity (Wildman–Crippen MR) is 125 cm³/mol. The van der Waals surface area contributed by atoms with Crippen LogP contribution in [0.15, 0.2) is 35.4 Å². The number of fused-ring (bicyclic) bond motifs is 1. The van der Waals surface area contributed by atoms with Crippen LogP contribution in [-0.4, -0.2) is 66.9 Å². The van der Waals surface area contributed by atoms with Crippen molar-refractivity contribution in [1.82, 2.24) is 13.8 Å². The molecule has 1 unspecified atom stereocenters. The molecule has 0 radical (unpaired) electrons. The fourth-order valence-corrected chi connectivity index (χ4v) is 6.50. The van der Waals surface area contributed by atoms with Crippen molar-refractivity contribution in [3.05, 3.63) is 30.5 Å². The second kappa shape index (κ2) is 9.85. The molecule has 0 bridgehead atoms. The summed E-state index contributed by atoms with van der Waals surface area (Å²) >= 11 is 0. The normalized spacial score (nSPS) is 20.8. The molecule has 1 aromatic heterocycles. The summed E-state index contributed by atoms with van der Waals surface area (Å²) in [6.07, 6.45) is 4.47. The molecule has 2 aromatic rings. The van der Waals surface area contributed by atoms with Crippen LogP contribution in [0.25, 0.3) is 10.9 Å². The van der Waals surface area contributed by atoms with E-state index in [4.69, 9.17) is 4.74 Å². The first-order valence-corrected chi connectivity index (χ1v) is 13.3. The molecule has 0 saturated carbocycles. The van der Waals surface area contributed by atoms with Gasteiger partial charge in [0.15, 0.2) is 0 Å². The quantitative estimate of drug-likeness (QED) is 0.600. The van der Waals surface area contributed by atoms with Gasteiger partial charge in [-0.1, -0.05) is 0 Å². The minimum Gasteiger partial charge on any atom is -0.466 e. The van der Waals surface area contributed by atoms with E-state index in [1.807, 2.05) is 18.3 Å². The number of likely N-dealkylation sites (tertiary alicyclic amines) is 1. The van der Waals surface area contributed by atoms with Gasteiger partial charge in [-0.25, -0.2) is 8.42 Å². The Morgan fingerprint density at radius 3 is 2.48 bits per heavy atom. The molecule has 2 aliphatic heterocycles. The van der Waals surface area contributed by atoms with Crippen molar-refractivity contribution in [1.29, 1.82) is 0 Å². The maximum atomic E-state index is 13.2. The van der Waals surface area contributed by atoms with E-state index in [-0.39, 0.29) is 23.7 Å². The first-order chi connectivity index (χ1) is 15.8. The SMILES string of the molecule is CCOC(=O)C1CCCN(C(=O)C2CCN(S(=O)(=O)c3ccc4c(ccn4CC)c3)CC2)C1. The van der Waals surface area contributed by atoms with Gasteiger partial charge in [0, 0.05) is 55.7 Å². The molecule has 0 N–H and O–H groups in total. The molecular weight excluding hydrogens is 442 g/mol. The smallest absolute Gasteiger partial charge is 0.310 e. The van der Waals surface area contributed by atoms with Gasteiger partial charge >= 0.3 is 5.97 Å². The fourth-order valence-electron chi connectivity index (χ4n) is 4.99. The van der Waals surface area contributed by atoms with Crippen LogP contribution in [0, 0.1) is 11.8 Å². The molecule has 33 heavy (non-hydrogen) atoms. The summed E-state index contributed by atoms with van der Waals surface area (Å²) in [7, 11) is -3.61. The van der Waals surface area contributed by atoms with Gasteiger partial charge in [0.25, 0.3) is 0 Å². The Balaban J connectivity index is 1.39. The third-order valence-electron chi connectivity index (χ3n) is 6.88. The van der Waals surface area contributed by atoms with Gasteiger partial charge in [-0.05, 0) is 63.8 Å². The van der Waals surface area contributed by atoms with Crippen molar-refractivity contribution >= 4 is 32.8 Å². The monoisotopic (exact) mass is 475 g/mol. The lowest BCUT2D eigenvalue weighted by Gasteiger charge is -2.36. The first-order valence-electron chi connectivity index (χ1n) is 11.9. The van der Waals surface area contributed by atoms with Crippen LogP contribution >= 0.6 is 0 Å². The number of piperidine rings is 2. The van der Waals surface area contributed by atoms with Gasteiger partial charge in [0.2, 0.25) is 15.9 Å². The number of aromatic nitrogens is 1. The molecule has 0 spiro atoms. The van der Waals surface area contributed by atoms with E-state index in [9.17, 15) is 18.0 Å². The van der Waals surface area contributed by atoms with E-state index >= 15 is 0 Å². The van der Waals surface area contributed by atoms with Crippen molar-refractivity contribution in [2.24, 2.45) is 11.8 Å². The topological polar surface area (TPSA) is 88.9 Å². The zero-order chi connectivity index (χ0) is 23.6. The van der Waals surface area contributed by atoms with Crippen LogP contribution in [-0.2, 0) is 30.9 Å². The van der Waals surface area contributed by atoms with Crippen LogP contribution in [0.3, 0.4) is 0 Å². The number of hydrogen-bond donors (Lipinski definition) is 0. The van der Waals surface area contributed by atoms with Crippen molar-refractivity contribution in [2.45, 2.75) is 51.0 Å². The highest BCUT2D eigenvalue weighted by Gasteiger charge is 2.36. The van der Waals surface area contributed by atoms with Crippen LogP contribution < -0.4 is 0 Å². The van der Waals surface area contributed by atoms with E-state index in [0.717, 1.165) is 30.3 Å². The number of benzene rings is 1. The third kappa shape index (κ3) is 4.80. The molecule has 0 aliphatic carbocycles. The summed E-state index contributed by atoms with van der Waals surface area (Å²) < 4.78 is 35.2. The Labute approximate surface area is 195 Å². The number of nitrogens with zero attached hydrogens (tertiary/aromatic N) is 3. The minimum atomic E-state index is -3.61. The highest BCUT2D eigenvalue weighted by molar-refractivity contribution is 7.89. The van der Waals surface area contributed by atoms with E-state index in [1.54, 1.807) is 24.0 Å². The van der Waals surface area contributed by atoms with E-state index in [1.165, 1.54) is 4.31 Å². The summed E-state index contributed by atoms with van der Waals surface area (Å²) in [5.74, 6) is -0.676. The lowest BCUT2D eigenvalue weighted by Crippen LogP contribution is -2.48. The predicted octanol–water partition coefficient (Wildman–Crippen LogP) is 2.86. The second-order valence-corrected chi connectivity index (χ2v) is 10.8. The second-order valence-electron chi connectivity index (χ2n) is 8.88. The van der Waals surface area contributed by atoms with Crippen LogP contribution in [0.2, 0.25) is 0 Å². The number of rotatable bonds is 6. The molecule has 2 aliphatic rings. The Bertz CT molecular complexity index is 1120. The highest BCUT2D eigenvalue weighted by atomic mass is 32.2. The van der Waals surface area contributed by atoms with Crippen LogP contribution in [0.1, 0.15) is 39.5 Å². The van der Waals surface area contributed by atoms with Gasteiger partial charge < -0.3 is 14.2 Å². The average Bonchev–Trinajstić information content (AvgIpc) is 3.26. The van der Waals surface area contributed by atoms with Gasteiger partial charge in [0.1, 0.15) is 0 Å². The molecule has 2 fully saturated rings. The number of ether oxygens (including phenoxy) is 1. The standard InChI is InChI=1S/C24H33N3O5S/c1-3-25-13-9-19-16-21(7-8-22(19)25)33(30,31)27-14-10-18(11-15-27)23(28)26-12-5-6-20(17-26)24(29)32-4-2/h7-9,13,16,18,20H,3-6,10-12,14-15,17H2,1-2H3. The average molecular weight is 476 g/mol. The Morgan fingerprint density at radius 2 is 1.79 bits per heavy atom. The van der Waals surface area contributed by atoms with Crippen LogP contribution in [0.5, 0.6) is 0 Å². The molecule has 1 amide bonds. The molecule has 180 valence electrons. The van der Waals surface area contributed by atoms with Crippen molar-refractivity contribution in [3.63, 3.8) is 0 Å². The molecule has 3 heterocycles. The van der Waals surface area contributed by atoms with Crippen LogP contribution in [0.4, 0.5) is 0 Å². The molecule has 8 nitrogen and oxygen atoms in total. The number of hydrogen-bond acceptors (Lipinski definition) is 5. The molecule has 1 aromatic carbocycles. The summed E-state index contributed by atoms with van der Waals surface area (Å²) in [5.41, 5.74) is 1.02. The number of esters is 1. The Morgan fingerprint density at radius 1 is 1.03 bits per heavy atom. The minimum absolute atomic E-state index is 0.0309. The first kappa shape index (κ1) is 23.8. The Hall–Kier alpha value is -2.39. The maximum Gasteiger partial charge on any atom is 0.310 e. The number of aryl methyl sites for hydroxylation is 1. The number of carbonyl (C=O) groups excluding carboxylic acids is 2. The van der Waals surface area contributed by atoms with Crippen molar-refractivity contribution in [3.8, 4) is 0 Å².